The number of hydrogen-bond donors (Lipinski definition) is 0. The van der Waals surface area contributed by atoms with Crippen LogP contribution in [-0.4, -0.2) is 23.0 Å². The molecule has 0 spiro atoms. The third-order valence-corrected chi connectivity index (χ3v) is 14.2. The van der Waals surface area contributed by atoms with Crippen molar-refractivity contribution in [2.24, 2.45) is 0 Å². The molecule has 0 amide bonds. The van der Waals surface area contributed by atoms with Gasteiger partial charge >= 0.3 is 0 Å². The van der Waals surface area contributed by atoms with Crippen molar-refractivity contribution in [1.82, 2.24) is 0 Å². The molecule has 2 aromatic rings. The van der Waals surface area contributed by atoms with Crippen molar-refractivity contribution in [2.45, 2.75) is 71.0 Å². The van der Waals surface area contributed by atoms with Crippen LogP contribution in [0.25, 0.3) is 0 Å². The molecule has 44 heavy (non-hydrogen) atoms. The summed E-state index contributed by atoms with van der Waals surface area (Å²) in [4.78, 5) is 0. The molecule has 2 aromatic carbocycles. The van der Waals surface area contributed by atoms with Crippen molar-refractivity contribution in [2.75, 3.05) is 14.2 Å². The van der Waals surface area contributed by atoms with Crippen LogP contribution in [0, 0.1) is 27.7 Å². The Balaban J connectivity index is 1.39. The second kappa shape index (κ2) is 11.9. The van der Waals surface area contributed by atoms with Gasteiger partial charge in [-0.05, 0) is 108 Å². The van der Waals surface area contributed by atoms with E-state index >= 15 is 0 Å². The minimum Gasteiger partial charge on any atom is -0.496 e. The molecule has 4 aliphatic rings. The summed E-state index contributed by atoms with van der Waals surface area (Å²) in [7, 11) is 2.13. The SMILES string of the molecule is COc1c(C)cc(C2C=CC=CC3=C2C=C(C)C3[SiH](C)C2C(C)=CC3=C2C=CC=CC3c2cc(C)c(OC)c(C)c2)cc1C. The van der Waals surface area contributed by atoms with Crippen LogP contribution >= 0.6 is 0 Å². The van der Waals surface area contributed by atoms with E-state index in [2.05, 4.69) is 133 Å². The zero-order valence-corrected chi connectivity index (χ0v) is 28.9. The first-order valence-corrected chi connectivity index (χ1v) is 18.5. The molecule has 0 bridgehead atoms. The molecule has 4 atom stereocenters. The van der Waals surface area contributed by atoms with Crippen LogP contribution in [0.5, 0.6) is 11.5 Å². The first-order chi connectivity index (χ1) is 21.1. The minimum absolute atomic E-state index is 0.243. The van der Waals surface area contributed by atoms with Crippen molar-refractivity contribution < 1.29 is 9.47 Å². The van der Waals surface area contributed by atoms with Crippen LogP contribution < -0.4 is 9.47 Å². The Morgan fingerprint density at radius 3 is 1.23 bits per heavy atom. The molecule has 0 heterocycles. The standard InChI is InChI=1S/C41H46O2Si/c1-24-18-30(19-25(2)38(24)42-7)32-14-10-12-16-34-36(32)22-28(5)40(34)44(9)41-29(6)23-37-33(15-11-13-17-35(37)41)31-20-26(3)39(43-8)27(4)21-31/h10-23,32-33,40-41,44H,1-9H3. The fraction of sp³-hybridized carbons (Fsp3) is 0.317. The van der Waals surface area contributed by atoms with E-state index in [0.717, 1.165) is 11.5 Å². The molecule has 0 saturated carbocycles. The van der Waals surface area contributed by atoms with Crippen molar-refractivity contribution in [3.8, 4) is 11.5 Å². The predicted octanol–water partition coefficient (Wildman–Crippen LogP) is 10.2. The lowest BCUT2D eigenvalue weighted by Crippen LogP contribution is -2.25. The normalized spacial score (nSPS) is 24.6. The second-order valence-electron chi connectivity index (χ2n) is 13.2. The summed E-state index contributed by atoms with van der Waals surface area (Å²) in [6.45, 7) is 16.0. The number of benzene rings is 2. The third kappa shape index (κ3) is 5.05. The lowest BCUT2D eigenvalue weighted by molar-refractivity contribution is 0.408. The third-order valence-electron chi connectivity index (χ3n) is 10.3. The molecular formula is C41H46O2Si. The van der Waals surface area contributed by atoms with E-state index in [9.17, 15) is 0 Å². The zero-order chi connectivity index (χ0) is 31.3. The highest BCUT2D eigenvalue weighted by Gasteiger charge is 2.40. The van der Waals surface area contributed by atoms with E-state index in [0.29, 0.717) is 11.1 Å². The average Bonchev–Trinajstić information content (AvgIpc) is 3.28. The molecule has 4 unspecified atom stereocenters. The first-order valence-electron chi connectivity index (χ1n) is 16.0. The number of ether oxygens (including phenoxy) is 2. The van der Waals surface area contributed by atoms with E-state index in [1.54, 1.807) is 14.2 Å². The van der Waals surface area contributed by atoms with Gasteiger partial charge in [-0.15, -0.1) is 0 Å². The molecule has 2 nitrogen and oxygen atoms in total. The molecule has 0 radical (unpaired) electrons. The fourth-order valence-corrected chi connectivity index (χ4v) is 12.6. The highest BCUT2D eigenvalue weighted by molar-refractivity contribution is 6.64. The lowest BCUT2D eigenvalue weighted by Gasteiger charge is -2.30. The Labute approximate surface area is 266 Å². The maximum Gasteiger partial charge on any atom is 0.124 e. The number of methoxy groups -OCH3 is 2. The molecule has 0 fully saturated rings. The van der Waals surface area contributed by atoms with E-state index in [4.69, 9.17) is 9.47 Å². The predicted molar refractivity (Wildman–Crippen MR) is 189 cm³/mol. The molecule has 0 aromatic heterocycles. The highest BCUT2D eigenvalue weighted by atomic mass is 28.3. The van der Waals surface area contributed by atoms with Crippen molar-refractivity contribution in [3.05, 3.63) is 152 Å². The van der Waals surface area contributed by atoms with Gasteiger partial charge in [0, 0.05) is 11.8 Å². The molecular weight excluding hydrogens is 553 g/mol. The van der Waals surface area contributed by atoms with Crippen LogP contribution in [0.1, 0.15) is 59.1 Å². The molecule has 6 rings (SSSR count). The smallest absolute Gasteiger partial charge is 0.124 e. The summed E-state index contributed by atoms with van der Waals surface area (Å²) in [6.07, 6.45) is 23.6. The van der Waals surface area contributed by atoms with Gasteiger partial charge in [-0.2, -0.15) is 0 Å². The highest BCUT2D eigenvalue weighted by Crippen LogP contribution is 2.54. The van der Waals surface area contributed by atoms with Crippen molar-refractivity contribution >= 4 is 8.80 Å². The van der Waals surface area contributed by atoms with Crippen LogP contribution in [0.15, 0.2) is 118 Å². The van der Waals surface area contributed by atoms with Gasteiger partial charge in [0.05, 0.1) is 23.0 Å². The number of allylic oxidation sites excluding steroid dienone is 16. The molecule has 0 aliphatic heterocycles. The average molecular weight is 599 g/mol. The summed E-state index contributed by atoms with van der Waals surface area (Å²) in [5.41, 5.74) is 17.5. The van der Waals surface area contributed by atoms with E-state index in [1.807, 2.05) is 0 Å². The van der Waals surface area contributed by atoms with Crippen LogP contribution in [0.2, 0.25) is 17.6 Å². The Bertz CT molecular complexity index is 1590. The van der Waals surface area contributed by atoms with Crippen LogP contribution in [0.3, 0.4) is 0 Å². The maximum absolute atomic E-state index is 5.70. The monoisotopic (exact) mass is 598 g/mol. The van der Waals surface area contributed by atoms with Gasteiger partial charge in [-0.25, -0.2) is 0 Å². The second-order valence-corrected chi connectivity index (χ2v) is 16.3. The number of rotatable bonds is 6. The van der Waals surface area contributed by atoms with Crippen molar-refractivity contribution in [1.29, 1.82) is 0 Å². The Kier molecular flexibility index (Phi) is 8.19. The first kappa shape index (κ1) is 30.2. The van der Waals surface area contributed by atoms with Gasteiger partial charge in [-0.3, -0.25) is 0 Å². The molecule has 226 valence electrons. The van der Waals surface area contributed by atoms with E-state index in [-0.39, 0.29) is 11.8 Å². The molecule has 3 heteroatoms. The Morgan fingerprint density at radius 1 is 0.523 bits per heavy atom. The number of aryl methyl sites for hydroxylation is 4. The Morgan fingerprint density at radius 2 is 0.886 bits per heavy atom. The summed E-state index contributed by atoms with van der Waals surface area (Å²) in [5.74, 6) is 2.47. The maximum atomic E-state index is 5.70. The van der Waals surface area contributed by atoms with Gasteiger partial charge in [0.2, 0.25) is 0 Å². The van der Waals surface area contributed by atoms with Crippen molar-refractivity contribution in [3.63, 3.8) is 0 Å². The summed E-state index contributed by atoms with van der Waals surface area (Å²) >= 11 is 0. The molecule has 0 saturated heterocycles. The molecule has 0 N–H and O–H groups in total. The summed E-state index contributed by atoms with van der Waals surface area (Å²) < 4.78 is 11.4. The van der Waals surface area contributed by atoms with Gasteiger partial charge < -0.3 is 9.47 Å². The van der Waals surface area contributed by atoms with Gasteiger partial charge in [-0.1, -0.05) is 103 Å². The zero-order valence-electron chi connectivity index (χ0n) is 27.8. The largest absolute Gasteiger partial charge is 0.496 e. The van der Waals surface area contributed by atoms with Crippen LogP contribution in [0.4, 0.5) is 0 Å². The van der Waals surface area contributed by atoms with E-state index < -0.39 is 8.80 Å². The quantitative estimate of drug-likeness (QED) is 0.308. The van der Waals surface area contributed by atoms with Gasteiger partial charge in [0.15, 0.2) is 0 Å². The summed E-state index contributed by atoms with van der Waals surface area (Å²) in [6, 6.07) is 9.28. The van der Waals surface area contributed by atoms with E-state index in [1.165, 1.54) is 66.8 Å². The molecule has 4 aliphatic carbocycles. The minimum atomic E-state index is -1.41. The van der Waals surface area contributed by atoms with Gasteiger partial charge in [0.25, 0.3) is 0 Å². The fourth-order valence-electron chi connectivity index (χ4n) is 8.64. The topological polar surface area (TPSA) is 18.5 Å². The van der Waals surface area contributed by atoms with Gasteiger partial charge in [0.1, 0.15) is 11.5 Å². The lowest BCUT2D eigenvalue weighted by atomic mass is 9.87. The number of hydrogen-bond acceptors (Lipinski definition) is 2. The van der Waals surface area contributed by atoms with Crippen LogP contribution in [-0.2, 0) is 0 Å². The Hall–Kier alpha value is -3.82. The summed E-state index contributed by atoms with van der Waals surface area (Å²) in [5, 5.41) is 0.